The van der Waals surface area contributed by atoms with E-state index in [9.17, 15) is 43.2 Å². The normalized spacial score (nSPS) is 14.1. The molecule has 2 unspecified atom stereocenters. The minimum atomic E-state index is -4.96. The Hall–Kier alpha value is -1.94. The van der Waals surface area contributed by atoms with Gasteiger partial charge in [-0.2, -0.15) is 0 Å². The van der Waals surface area contributed by atoms with E-state index in [1.54, 1.807) is 0 Å². The third-order valence-corrected chi connectivity index (χ3v) is 19.0. The van der Waals surface area contributed by atoms with Crippen LogP contribution in [0.2, 0.25) is 0 Å². The first-order valence-corrected chi connectivity index (χ1v) is 41.3. The van der Waals surface area contributed by atoms with E-state index < -0.39 is 97.5 Å². The van der Waals surface area contributed by atoms with Crippen LogP contribution in [0.3, 0.4) is 0 Å². The van der Waals surface area contributed by atoms with Gasteiger partial charge in [0.1, 0.15) is 19.3 Å². The van der Waals surface area contributed by atoms with Crippen molar-refractivity contribution in [2.24, 2.45) is 17.8 Å². The molecule has 0 aromatic carbocycles. The zero-order valence-electron chi connectivity index (χ0n) is 60.7. The first-order chi connectivity index (χ1) is 44.7. The highest BCUT2D eigenvalue weighted by Crippen LogP contribution is 2.45. The monoisotopic (exact) mass is 1370 g/mol. The Morgan fingerprint density at radius 1 is 0.290 bits per heavy atom. The molecule has 0 radical (unpaired) electrons. The second-order valence-electron chi connectivity index (χ2n) is 28.1. The summed E-state index contributed by atoms with van der Waals surface area (Å²) in [4.78, 5) is 72.7. The molecule has 0 aromatic rings. The maximum Gasteiger partial charge on any atom is 0.472 e. The lowest BCUT2D eigenvalue weighted by molar-refractivity contribution is -0.161. The van der Waals surface area contributed by atoms with Crippen molar-refractivity contribution in [3.05, 3.63) is 0 Å². The van der Waals surface area contributed by atoms with Crippen molar-refractivity contribution >= 4 is 39.5 Å². The van der Waals surface area contributed by atoms with Gasteiger partial charge in [-0.15, -0.1) is 0 Å². The van der Waals surface area contributed by atoms with Crippen molar-refractivity contribution in [1.82, 2.24) is 0 Å². The van der Waals surface area contributed by atoms with Crippen molar-refractivity contribution < 1.29 is 80.2 Å². The third kappa shape index (κ3) is 68.4. The predicted molar refractivity (Wildman–Crippen MR) is 377 cm³/mol. The smallest absolute Gasteiger partial charge is 0.462 e. The molecule has 0 aliphatic rings. The number of esters is 4. The van der Waals surface area contributed by atoms with Gasteiger partial charge in [-0.3, -0.25) is 37.3 Å². The average molecular weight is 1370 g/mol. The number of phosphoric ester groups is 2. The van der Waals surface area contributed by atoms with Gasteiger partial charge in [-0.25, -0.2) is 9.13 Å². The molecule has 0 bridgehead atoms. The largest absolute Gasteiger partial charge is 0.472 e. The second kappa shape index (κ2) is 64.7. The zero-order chi connectivity index (χ0) is 68.7. The molecule has 0 saturated carbocycles. The number of carbonyl (C=O) groups excluding carboxylic acids is 4. The van der Waals surface area contributed by atoms with Crippen LogP contribution in [0, 0.1) is 17.8 Å². The van der Waals surface area contributed by atoms with Crippen molar-refractivity contribution in [3.63, 3.8) is 0 Å². The maximum absolute atomic E-state index is 13.1. The third-order valence-electron chi connectivity index (χ3n) is 17.1. The molecule has 0 amide bonds. The van der Waals surface area contributed by atoms with Crippen molar-refractivity contribution in [2.75, 3.05) is 39.6 Å². The molecule has 5 atom stereocenters. The van der Waals surface area contributed by atoms with Crippen LogP contribution in [0.1, 0.15) is 376 Å². The molecular formula is C74H144O17P2. The number of phosphoric acid groups is 2. The van der Waals surface area contributed by atoms with Crippen molar-refractivity contribution in [3.8, 4) is 0 Å². The molecule has 0 spiro atoms. The van der Waals surface area contributed by atoms with E-state index in [1.165, 1.54) is 180 Å². The summed E-state index contributed by atoms with van der Waals surface area (Å²) in [5.74, 6) is 0.123. The number of rotatable bonds is 72. The Kier molecular flexibility index (Phi) is 63.4. The van der Waals surface area contributed by atoms with Crippen LogP contribution in [0.5, 0.6) is 0 Å². The van der Waals surface area contributed by atoms with E-state index in [0.29, 0.717) is 31.6 Å². The quantitative estimate of drug-likeness (QED) is 0.0222. The lowest BCUT2D eigenvalue weighted by Gasteiger charge is -2.21. The SMILES string of the molecule is CCCCCCCCCCCCCCCCC(=O)OC[C@H](COP(=O)(O)OC[C@@H](O)COP(=O)(O)OC[C@@H](COC(=O)CCCCCCCCCC(C)C)OC(=O)CCCCCCCCCCCCC(C)C)OC(=O)CCCCCCCCCCCCCCCC(C)C. The van der Waals surface area contributed by atoms with Gasteiger partial charge in [0, 0.05) is 25.7 Å². The van der Waals surface area contributed by atoms with Crippen LogP contribution in [-0.2, 0) is 65.4 Å². The predicted octanol–water partition coefficient (Wildman–Crippen LogP) is 21.4. The van der Waals surface area contributed by atoms with E-state index in [-0.39, 0.29) is 25.7 Å². The van der Waals surface area contributed by atoms with Gasteiger partial charge in [-0.05, 0) is 43.4 Å². The van der Waals surface area contributed by atoms with Crippen LogP contribution in [0.15, 0.2) is 0 Å². The van der Waals surface area contributed by atoms with E-state index in [0.717, 1.165) is 108 Å². The Bertz CT molecular complexity index is 1820. The van der Waals surface area contributed by atoms with Crippen LogP contribution in [0.4, 0.5) is 0 Å². The summed E-state index contributed by atoms with van der Waals surface area (Å²) >= 11 is 0. The fraction of sp³-hybridized carbons (Fsp3) is 0.946. The number of hydrogen-bond donors (Lipinski definition) is 3. The van der Waals surface area contributed by atoms with Gasteiger partial charge in [0.2, 0.25) is 0 Å². The molecule has 93 heavy (non-hydrogen) atoms. The highest BCUT2D eigenvalue weighted by molar-refractivity contribution is 7.47. The number of ether oxygens (including phenoxy) is 4. The van der Waals surface area contributed by atoms with Crippen LogP contribution in [0.25, 0.3) is 0 Å². The standard InChI is InChI=1S/C74H144O17P2/c1-8-9-10-11-12-13-14-15-18-21-27-34-41-48-55-71(76)84-61-69(90-73(78)57-50-43-35-28-22-19-16-17-20-25-31-38-45-52-65(2)3)63-88-92(80,81)86-59-68(75)60-87-93(82,83)89-64-70(62-85-72(77)56-49-42-37-30-33-40-47-54-67(6)7)91-74(79)58-51-44-36-29-24-23-26-32-39-46-53-66(4)5/h65-70,75H,8-64H2,1-7H3,(H,80,81)(H,82,83)/t68-,69-,70-/m1/s1. The lowest BCUT2D eigenvalue weighted by Crippen LogP contribution is -2.30. The Balaban J connectivity index is 5.26. The molecule has 0 aliphatic carbocycles. The van der Waals surface area contributed by atoms with Gasteiger partial charge in [0.05, 0.1) is 26.4 Å². The summed E-state index contributed by atoms with van der Waals surface area (Å²) < 4.78 is 68.5. The van der Waals surface area contributed by atoms with Gasteiger partial charge in [0.15, 0.2) is 12.2 Å². The minimum Gasteiger partial charge on any atom is -0.462 e. The van der Waals surface area contributed by atoms with Crippen LogP contribution < -0.4 is 0 Å². The van der Waals surface area contributed by atoms with Crippen LogP contribution in [-0.4, -0.2) is 96.7 Å². The van der Waals surface area contributed by atoms with Crippen molar-refractivity contribution in [1.29, 1.82) is 0 Å². The molecule has 0 fully saturated rings. The molecule has 0 aliphatic heterocycles. The average Bonchev–Trinajstić information content (AvgIpc) is 2.26. The summed E-state index contributed by atoms with van der Waals surface area (Å²) in [5, 5.41) is 10.6. The molecule has 17 nitrogen and oxygen atoms in total. The molecule has 3 N–H and O–H groups in total. The summed E-state index contributed by atoms with van der Waals surface area (Å²) in [6, 6.07) is 0. The van der Waals surface area contributed by atoms with Gasteiger partial charge in [0.25, 0.3) is 0 Å². The zero-order valence-corrected chi connectivity index (χ0v) is 62.5. The highest BCUT2D eigenvalue weighted by Gasteiger charge is 2.30. The molecule has 0 heterocycles. The number of aliphatic hydroxyl groups is 1. The van der Waals surface area contributed by atoms with E-state index in [2.05, 4.69) is 48.5 Å². The number of aliphatic hydroxyl groups excluding tert-OH is 1. The fourth-order valence-corrected chi connectivity index (χ4v) is 12.8. The van der Waals surface area contributed by atoms with Crippen molar-refractivity contribution in [2.45, 2.75) is 394 Å². The Morgan fingerprint density at radius 2 is 0.495 bits per heavy atom. The lowest BCUT2D eigenvalue weighted by atomic mass is 10.0. The van der Waals surface area contributed by atoms with Crippen LogP contribution >= 0.6 is 15.6 Å². The number of carbonyl (C=O) groups is 4. The topological polar surface area (TPSA) is 237 Å². The highest BCUT2D eigenvalue weighted by atomic mass is 31.2. The summed E-state index contributed by atoms with van der Waals surface area (Å²) in [6.07, 6.45) is 49.9. The summed E-state index contributed by atoms with van der Waals surface area (Å²) in [6.45, 7) is 11.8. The molecule has 0 rings (SSSR count). The molecule has 0 saturated heterocycles. The molecule has 552 valence electrons. The summed E-state index contributed by atoms with van der Waals surface area (Å²) in [7, 11) is -9.91. The van der Waals surface area contributed by atoms with E-state index >= 15 is 0 Å². The first kappa shape index (κ1) is 91.1. The molecule has 19 heteroatoms. The van der Waals surface area contributed by atoms with E-state index in [4.69, 9.17) is 37.0 Å². The van der Waals surface area contributed by atoms with E-state index in [1.807, 2.05) is 0 Å². The second-order valence-corrected chi connectivity index (χ2v) is 31.0. The van der Waals surface area contributed by atoms with Gasteiger partial charge >= 0.3 is 39.5 Å². The molecule has 0 aromatic heterocycles. The minimum absolute atomic E-state index is 0.105. The van der Waals surface area contributed by atoms with Gasteiger partial charge < -0.3 is 33.8 Å². The first-order valence-electron chi connectivity index (χ1n) is 38.3. The maximum atomic E-state index is 13.1. The fourth-order valence-electron chi connectivity index (χ4n) is 11.2. The Labute approximate surface area is 568 Å². The van der Waals surface area contributed by atoms with Gasteiger partial charge in [-0.1, -0.05) is 325 Å². The Morgan fingerprint density at radius 3 is 0.731 bits per heavy atom. The summed E-state index contributed by atoms with van der Waals surface area (Å²) in [5.41, 5.74) is 0. The number of hydrogen-bond acceptors (Lipinski definition) is 15. The number of unbranched alkanes of at least 4 members (excludes halogenated alkanes) is 40. The molecular weight excluding hydrogens is 1220 g/mol.